The van der Waals surface area contributed by atoms with Gasteiger partial charge in [0.1, 0.15) is 0 Å². The highest BCUT2D eigenvalue weighted by molar-refractivity contribution is 9.11. The van der Waals surface area contributed by atoms with Crippen molar-refractivity contribution in [2.45, 2.75) is 13.0 Å². The molecule has 2 aromatic rings. The molecule has 3 N–H and O–H groups in total. The summed E-state index contributed by atoms with van der Waals surface area (Å²) in [4.78, 5) is 1.25. The van der Waals surface area contributed by atoms with Gasteiger partial charge in [0.25, 0.3) is 0 Å². The molecule has 0 aliphatic carbocycles. The van der Waals surface area contributed by atoms with Gasteiger partial charge in [0.05, 0.1) is 9.83 Å². The molecule has 1 unspecified atom stereocenters. The fraction of sp³-hybridized carbons (Fsp3) is 0.231. The molecule has 2 rings (SSSR count). The van der Waals surface area contributed by atoms with Crippen LogP contribution in [-0.4, -0.2) is 6.54 Å². The maximum absolute atomic E-state index is 5.82. The topological polar surface area (TPSA) is 38.0 Å². The van der Waals surface area contributed by atoms with E-state index in [4.69, 9.17) is 5.73 Å². The minimum Gasteiger partial charge on any atom is -0.376 e. The molecular formula is C13H15BrN2S. The Morgan fingerprint density at radius 1 is 1.24 bits per heavy atom. The highest BCUT2D eigenvalue weighted by Gasteiger charge is 2.11. The number of halogens is 1. The number of hydrogen-bond donors (Lipinski definition) is 2. The van der Waals surface area contributed by atoms with E-state index in [9.17, 15) is 0 Å². The number of anilines is 1. The van der Waals surface area contributed by atoms with E-state index < -0.39 is 0 Å². The molecule has 2 nitrogen and oxygen atoms in total. The van der Waals surface area contributed by atoms with Crippen molar-refractivity contribution in [3.05, 3.63) is 50.6 Å². The van der Waals surface area contributed by atoms with Crippen molar-refractivity contribution >= 4 is 33.0 Å². The van der Waals surface area contributed by atoms with Crippen LogP contribution in [0.25, 0.3) is 0 Å². The Morgan fingerprint density at radius 2 is 1.94 bits per heavy atom. The average Bonchev–Trinajstić information content (AvgIpc) is 2.75. The lowest BCUT2D eigenvalue weighted by atomic mass is 10.2. The molecule has 0 spiro atoms. The van der Waals surface area contributed by atoms with Gasteiger partial charge in [0.2, 0.25) is 0 Å². The van der Waals surface area contributed by atoms with Gasteiger partial charge in [-0.15, -0.1) is 11.3 Å². The van der Waals surface area contributed by atoms with Crippen LogP contribution in [0.5, 0.6) is 0 Å². The Labute approximate surface area is 114 Å². The zero-order chi connectivity index (χ0) is 12.3. The molecule has 0 saturated carbocycles. The zero-order valence-corrected chi connectivity index (χ0v) is 12.0. The second-order valence-electron chi connectivity index (χ2n) is 3.94. The molecule has 1 aromatic carbocycles. The Kier molecular flexibility index (Phi) is 4.20. The molecule has 0 radical (unpaired) electrons. The molecule has 0 amide bonds. The lowest BCUT2D eigenvalue weighted by Gasteiger charge is -2.16. The van der Waals surface area contributed by atoms with Crippen LogP contribution >= 0.6 is 27.3 Å². The van der Waals surface area contributed by atoms with E-state index in [1.54, 1.807) is 11.3 Å². The first-order valence-electron chi connectivity index (χ1n) is 5.47. The number of benzene rings is 1. The maximum atomic E-state index is 5.82. The summed E-state index contributed by atoms with van der Waals surface area (Å²) in [7, 11) is 0. The van der Waals surface area contributed by atoms with Gasteiger partial charge < -0.3 is 11.1 Å². The van der Waals surface area contributed by atoms with E-state index in [0.717, 1.165) is 9.47 Å². The predicted octanol–water partition coefficient (Wildman–Crippen LogP) is 3.93. The smallest absolute Gasteiger partial charge is 0.0729 e. The molecule has 17 heavy (non-hydrogen) atoms. The monoisotopic (exact) mass is 310 g/mol. The van der Waals surface area contributed by atoms with Crippen molar-refractivity contribution in [3.8, 4) is 0 Å². The van der Waals surface area contributed by atoms with Crippen molar-refractivity contribution in [3.63, 3.8) is 0 Å². The Hall–Kier alpha value is -0.840. The summed E-state index contributed by atoms with van der Waals surface area (Å²) < 4.78 is 1.14. The third kappa shape index (κ3) is 3.31. The number of aryl methyl sites for hydroxylation is 1. The van der Waals surface area contributed by atoms with E-state index in [1.807, 2.05) is 0 Å². The largest absolute Gasteiger partial charge is 0.376 e. The molecule has 0 fully saturated rings. The Morgan fingerprint density at radius 3 is 2.47 bits per heavy atom. The summed E-state index contributed by atoms with van der Waals surface area (Å²) in [5, 5.41) is 3.45. The van der Waals surface area contributed by atoms with Crippen LogP contribution in [0.2, 0.25) is 0 Å². The number of rotatable bonds is 4. The summed E-state index contributed by atoms with van der Waals surface area (Å²) in [6.45, 7) is 2.67. The molecule has 0 saturated heterocycles. The van der Waals surface area contributed by atoms with E-state index in [-0.39, 0.29) is 6.04 Å². The number of nitrogens with two attached hydrogens (primary N) is 1. The lowest BCUT2D eigenvalue weighted by Crippen LogP contribution is -2.19. The molecule has 4 heteroatoms. The standard InChI is InChI=1S/C13H15BrN2S/c1-9-2-4-10(5-3-9)16-11(8-15)12-6-7-13(14)17-12/h2-7,11,16H,8,15H2,1H3. The van der Waals surface area contributed by atoms with Crippen LogP contribution < -0.4 is 11.1 Å². The first-order valence-corrected chi connectivity index (χ1v) is 7.08. The summed E-state index contributed by atoms with van der Waals surface area (Å²) >= 11 is 5.19. The zero-order valence-electron chi connectivity index (χ0n) is 9.61. The van der Waals surface area contributed by atoms with E-state index in [2.05, 4.69) is 64.6 Å². The normalized spacial score (nSPS) is 12.4. The van der Waals surface area contributed by atoms with Crippen molar-refractivity contribution in [2.24, 2.45) is 5.73 Å². The number of nitrogens with one attached hydrogen (secondary N) is 1. The van der Waals surface area contributed by atoms with Crippen LogP contribution in [0.4, 0.5) is 5.69 Å². The van der Waals surface area contributed by atoms with Crippen LogP contribution in [-0.2, 0) is 0 Å². The summed E-state index contributed by atoms with van der Waals surface area (Å²) in [5.41, 5.74) is 8.19. The predicted molar refractivity (Wildman–Crippen MR) is 78.6 cm³/mol. The Bertz CT molecular complexity index is 478. The van der Waals surface area contributed by atoms with Crippen LogP contribution in [0.1, 0.15) is 16.5 Å². The van der Waals surface area contributed by atoms with Gasteiger partial charge in [-0.1, -0.05) is 17.7 Å². The summed E-state index contributed by atoms with van der Waals surface area (Å²) in [5.74, 6) is 0. The summed E-state index contributed by atoms with van der Waals surface area (Å²) in [6, 6.07) is 12.7. The average molecular weight is 311 g/mol. The van der Waals surface area contributed by atoms with Crippen molar-refractivity contribution < 1.29 is 0 Å². The van der Waals surface area contributed by atoms with Crippen LogP contribution in [0, 0.1) is 6.92 Å². The molecular weight excluding hydrogens is 296 g/mol. The fourth-order valence-corrected chi connectivity index (χ4v) is 3.10. The molecule has 1 aromatic heterocycles. The van der Waals surface area contributed by atoms with Gasteiger partial charge in [0, 0.05) is 17.1 Å². The molecule has 90 valence electrons. The first kappa shape index (κ1) is 12.6. The van der Waals surface area contributed by atoms with Gasteiger partial charge in [-0.2, -0.15) is 0 Å². The van der Waals surface area contributed by atoms with Crippen molar-refractivity contribution in [1.82, 2.24) is 0 Å². The van der Waals surface area contributed by atoms with E-state index in [0.29, 0.717) is 6.54 Å². The third-order valence-corrected chi connectivity index (χ3v) is 4.30. The molecule has 0 aliphatic rings. The van der Waals surface area contributed by atoms with E-state index in [1.165, 1.54) is 10.4 Å². The molecule has 1 atom stereocenters. The quantitative estimate of drug-likeness (QED) is 0.898. The SMILES string of the molecule is Cc1ccc(NC(CN)c2ccc(Br)s2)cc1. The van der Waals surface area contributed by atoms with Crippen LogP contribution in [0.3, 0.4) is 0 Å². The van der Waals surface area contributed by atoms with Gasteiger partial charge in [0.15, 0.2) is 0 Å². The van der Waals surface area contributed by atoms with Crippen molar-refractivity contribution in [1.29, 1.82) is 0 Å². The number of hydrogen-bond acceptors (Lipinski definition) is 3. The van der Waals surface area contributed by atoms with Gasteiger partial charge >= 0.3 is 0 Å². The van der Waals surface area contributed by atoms with Gasteiger partial charge in [-0.25, -0.2) is 0 Å². The lowest BCUT2D eigenvalue weighted by molar-refractivity contribution is 0.806. The third-order valence-electron chi connectivity index (χ3n) is 2.57. The second kappa shape index (κ2) is 5.67. The highest BCUT2D eigenvalue weighted by Crippen LogP contribution is 2.29. The van der Waals surface area contributed by atoms with Crippen LogP contribution in [0.15, 0.2) is 40.2 Å². The van der Waals surface area contributed by atoms with Gasteiger partial charge in [-0.05, 0) is 47.1 Å². The molecule has 0 aliphatic heterocycles. The number of thiophene rings is 1. The Balaban J connectivity index is 2.12. The summed E-state index contributed by atoms with van der Waals surface area (Å²) in [6.07, 6.45) is 0. The minimum atomic E-state index is 0.175. The molecule has 1 heterocycles. The highest BCUT2D eigenvalue weighted by atomic mass is 79.9. The first-order chi connectivity index (χ1) is 8.19. The van der Waals surface area contributed by atoms with Gasteiger partial charge in [-0.3, -0.25) is 0 Å². The maximum Gasteiger partial charge on any atom is 0.0729 e. The van der Waals surface area contributed by atoms with E-state index >= 15 is 0 Å². The second-order valence-corrected chi connectivity index (χ2v) is 6.44. The molecule has 0 bridgehead atoms. The van der Waals surface area contributed by atoms with Crippen molar-refractivity contribution in [2.75, 3.05) is 11.9 Å². The minimum absolute atomic E-state index is 0.175. The fourth-order valence-electron chi connectivity index (χ4n) is 1.61.